The summed E-state index contributed by atoms with van der Waals surface area (Å²) in [6, 6.07) is 8.77. The van der Waals surface area contributed by atoms with Gasteiger partial charge in [0.2, 0.25) is 0 Å². The van der Waals surface area contributed by atoms with E-state index in [2.05, 4.69) is 57.3 Å². The fourth-order valence-electron chi connectivity index (χ4n) is 1.57. The van der Waals surface area contributed by atoms with E-state index in [4.69, 9.17) is 4.74 Å². The SMILES string of the molecule is CCN[C@H](C)c1ccc(O[C@H](C)CC)cc1. The van der Waals surface area contributed by atoms with Gasteiger partial charge in [-0.3, -0.25) is 0 Å². The highest BCUT2D eigenvalue weighted by atomic mass is 16.5. The van der Waals surface area contributed by atoms with E-state index in [9.17, 15) is 0 Å². The van der Waals surface area contributed by atoms with Crippen LogP contribution in [0.1, 0.15) is 45.7 Å². The highest BCUT2D eigenvalue weighted by molar-refractivity contribution is 5.29. The Kier molecular flexibility index (Phi) is 5.33. The second-order valence-corrected chi connectivity index (χ2v) is 4.19. The third-order valence-corrected chi connectivity index (χ3v) is 2.80. The zero-order chi connectivity index (χ0) is 12.0. The second-order valence-electron chi connectivity index (χ2n) is 4.19. The Balaban J connectivity index is 2.60. The van der Waals surface area contributed by atoms with E-state index in [1.54, 1.807) is 0 Å². The van der Waals surface area contributed by atoms with Crippen molar-refractivity contribution >= 4 is 0 Å². The summed E-state index contributed by atoms with van der Waals surface area (Å²) in [6.07, 6.45) is 1.33. The van der Waals surface area contributed by atoms with E-state index in [0.717, 1.165) is 18.7 Å². The molecule has 1 aromatic rings. The Morgan fingerprint density at radius 2 is 1.75 bits per heavy atom. The fourth-order valence-corrected chi connectivity index (χ4v) is 1.57. The Hall–Kier alpha value is -1.02. The van der Waals surface area contributed by atoms with Crippen molar-refractivity contribution in [2.24, 2.45) is 0 Å². The van der Waals surface area contributed by atoms with Gasteiger partial charge in [0.1, 0.15) is 5.75 Å². The molecule has 0 amide bonds. The predicted octanol–water partition coefficient (Wildman–Crippen LogP) is 3.53. The molecule has 2 heteroatoms. The smallest absolute Gasteiger partial charge is 0.119 e. The number of benzene rings is 1. The predicted molar refractivity (Wildman–Crippen MR) is 68.9 cm³/mol. The largest absolute Gasteiger partial charge is 0.491 e. The number of ether oxygens (including phenoxy) is 1. The van der Waals surface area contributed by atoms with Crippen molar-refractivity contribution in [2.45, 2.75) is 46.3 Å². The summed E-state index contributed by atoms with van der Waals surface area (Å²) in [5, 5.41) is 3.39. The average molecular weight is 221 g/mol. The zero-order valence-corrected chi connectivity index (χ0v) is 10.8. The van der Waals surface area contributed by atoms with Crippen LogP contribution in [0, 0.1) is 0 Å². The molecule has 1 rings (SSSR count). The molecule has 2 nitrogen and oxygen atoms in total. The van der Waals surface area contributed by atoms with Crippen molar-refractivity contribution in [3.8, 4) is 5.75 Å². The van der Waals surface area contributed by atoms with Gasteiger partial charge in [-0.05, 0) is 44.5 Å². The van der Waals surface area contributed by atoms with Crippen LogP contribution in [0.25, 0.3) is 0 Å². The summed E-state index contributed by atoms with van der Waals surface area (Å²) in [5.74, 6) is 0.960. The maximum atomic E-state index is 5.74. The molecule has 0 saturated heterocycles. The summed E-state index contributed by atoms with van der Waals surface area (Å²) in [5.41, 5.74) is 1.30. The van der Waals surface area contributed by atoms with Gasteiger partial charge >= 0.3 is 0 Å². The molecule has 0 fully saturated rings. The van der Waals surface area contributed by atoms with Gasteiger partial charge in [-0.15, -0.1) is 0 Å². The van der Waals surface area contributed by atoms with Crippen molar-refractivity contribution in [3.05, 3.63) is 29.8 Å². The highest BCUT2D eigenvalue weighted by Crippen LogP contribution is 2.18. The van der Waals surface area contributed by atoms with Gasteiger partial charge in [0.15, 0.2) is 0 Å². The molecule has 0 spiro atoms. The molecule has 0 bridgehead atoms. The lowest BCUT2D eigenvalue weighted by molar-refractivity contribution is 0.217. The molecule has 0 aliphatic rings. The zero-order valence-electron chi connectivity index (χ0n) is 10.8. The van der Waals surface area contributed by atoms with Crippen molar-refractivity contribution < 1.29 is 4.74 Å². The summed E-state index contributed by atoms with van der Waals surface area (Å²) >= 11 is 0. The topological polar surface area (TPSA) is 21.3 Å². The van der Waals surface area contributed by atoms with E-state index >= 15 is 0 Å². The molecular weight excluding hydrogens is 198 g/mol. The Morgan fingerprint density at radius 3 is 2.25 bits per heavy atom. The highest BCUT2D eigenvalue weighted by Gasteiger charge is 2.04. The van der Waals surface area contributed by atoms with E-state index < -0.39 is 0 Å². The normalized spacial score (nSPS) is 14.5. The van der Waals surface area contributed by atoms with Crippen molar-refractivity contribution in [3.63, 3.8) is 0 Å². The first-order chi connectivity index (χ1) is 7.67. The molecule has 16 heavy (non-hydrogen) atoms. The minimum absolute atomic E-state index is 0.289. The lowest BCUT2D eigenvalue weighted by Gasteiger charge is -2.15. The minimum atomic E-state index is 0.289. The lowest BCUT2D eigenvalue weighted by atomic mass is 10.1. The van der Waals surface area contributed by atoms with Crippen LogP contribution in [0.2, 0.25) is 0 Å². The summed E-state index contributed by atoms with van der Waals surface area (Å²) in [6.45, 7) is 9.51. The van der Waals surface area contributed by atoms with Crippen LogP contribution in [-0.4, -0.2) is 12.6 Å². The Bertz CT molecular complexity index is 294. The number of hydrogen-bond acceptors (Lipinski definition) is 2. The Labute approximate surface area is 99.0 Å². The van der Waals surface area contributed by atoms with E-state index in [1.807, 2.05) is 0 Å². The van der Waals surface area contributed by atoms with Gasteiger partial charge in [0.05, 0.1) is 6.10 Å². The molecule has 0 unspecified atom stereocenters. The first kappa shape index (κ1) is 13.0. The van der Waals surface area contributed by atoms with Crippen molar-refractivity contribution in [2.75, 3.05) is 6.54 Å². The summed E-state index contributed by atoms with van der Waals surface area (Å²) in [4.78, 5) is 0. The number of rotatable bonds is 6. The van der Waals surface area contributed by atoms with E-state index in [-0.39, 0.29) is 6.10 Å². The first-order valence-corrected chi connectivity index (χ1v) is 6.17. The van der Waals surface area contributed by atoms with Crippen LogP contribution in [0.4, 0.5) is 0 Å². The molecular formula is C14H23NO. The van der Waals surface area contributed by atoms with Crippen LogP contribution in [-0.2, 0) is 0 Å². The van der Waals surface area contributed by atoms with Gasteiger partial charge in [-0.25, -0.2) is 0 Å². The van der Waals surface area contributed by atoms with Crippen LogP contribution in [0.3, 0.4) is 0 Å². The maximum absolute atomic E-state index is 5.74. The monoisotopic (exact) mass is 221 g/mol. The summed E-state index contributed by atoms with van der Waals surface area (Å²) < 4.78 is 5.74. The molecule has 0 radical (unpaired) electrons. The standard InChI is InChI=1S/C14H23NO/c1-5-11(3)16-14-9-7-13(8-10-14)12(4)15-6-2/h7-12,15H,5-6H2,1-4H3/t11-,12-/m1/s1. The van der Waals surface area contributed by atoms with Gasteiger partial charge < -0.3 is 10.1 Å². The molecule has 0 aliphatic heterocycles. The average Bonchev–Trinajstić information content (AvgIpc) is 2.30. The van der Waals surface area contributed by atoms with Crippen molar-refractivity contribution in [1.29, 1.82) is 0 Å². The lowest BCUT2D eigenvalue weighted by Crippen LogP contribution is -2.17. The minimum Gasteiger partial charge on any atom is -0.491 e. The third kappa shape index (κ3) is 3.86. The number of hydrogen-bond donors (Lipinski definition) is 1. The number of nitrogens with one attached hydrogen (secondary N) is 1. The first-order valence-electron chi connectivity index (χ1n) is 6.17. The van der Waals surface area contributed by atoms with Crippen LogP contribution >= 0.6 is 0 Å². The second kappa shape index (κ2) is 6.54. The molecule has 2 atom stereocenters. The van der Waals surface area contributed by atoms with E-state index in [0.29, 0.717) is 6.04 Å². The van der Waals surface area contributed by atoms with Gasteiger partial charge in [-0.2, -0.15) is 0 Å². The molecule has 0 saturated carbocycles. The molecule has 1 aromatic carbocycles. The van der Waals surface area contributed by atoms with Crippen LogP contribution in [0.15, 0.2) is 24.3 Å². The molecule has 0 heterocycles. The van der Waals surface area contributed by atoms with Gasteiger partial charge in [-0.1, -0.05) is 26.0 Å². The molecule has 1 N–H and O–H groups in total. The molecule has 0 aromatic heterocycles. The quantitative estimate of drug-likeness (QED) is 0.793. The van der Waals surface area contributed by atoms with Gasteiger partial charge in [0, 0.05) is 6.04 Å². The Morgan fingerprint density at radius 1 is 1.12 bits per heavy atom. The maximum Gasteiger partial charge on any atom is 0.119 e. The van der Waals surface area contributed by atoms with Crippen LogP contribution < -0.4 is 10.1 Å². The van der Waals surface area contributed by atoms with E-state index in [1.165, 1.54) is 5.56 Å². The van der Waals surface area contributed by atoms with Gasteiger partial charge in [0.25, 0.3) is 0 Å². The van der Waals surface area contributed by atoms with Crippen LogP contribution in [0.5, 0.6) is 5.75 Å². The molecule has 0 aliphatic carbocycles. The molecule has 90 valence electrons. The third-order valence-electron chi connectivity index (χ3n) is 2.80. The summed E-state index contributed by atoms with van der Waals surface area (Å²) in [7, 11) is 0. The van der Waals surface area contributed by atoms with Crippen molar-refractivity contribution in [1.82, 2.24) is 5.32 Å². The fraction of sp³-hybridized carbons (Fsp3) is 0.571.